The molecule has 3 rings (SSSR count). The number of nitro groups is 2. The van der Waals surface area contributed by atoms with Gasteiger partial charge in [-0.25, -0.2) is 8.42 Å². The van der Waals surface area contributed by atoms with Crippen LogP contribution in [0.25, 0.3) is 0 Å². The molecule has 0 atom stereocenters. The van der Waals surface area contributed by atoms with Gasteiger partial charge in [-0.05, 0) is 49.1 Å². The first-order valence-electron chi connectivity index (χ1n) is 9.89. The van der Waals surface area contributed by atoms with Gasteiger partial charge < -0.3 is 5.32 Å². The van der Waals surface area contributed by atoms with Gasteiger partial charge >= 0.3 is 0 Å². The highest BCUT2D eigenvalue weighted by molar-refractivity contribution is 7.89. The van der Waals surface area contributed by atoms with E-state index in [1.807, 2.05) is 0 Å². The highest BCUT2D eigenvalue weighted by atomic mass is 32.2. The molecule has 32 heavy (non-hydrogen) atoms. The number of nitro benzene ring substituents is 2. The standard InChI is InChI=1S/C20H22N4O7S/c1-14-8-10-22(11-9-14)32(30,31)17-5-2-15(3-6-17)20(25)13-21-18-7-4-16(23(26)27)12-19(18)24(28)29/h2-7,12,14,21H,8-11,13H2,1H3. The summed E-state index contributed by atoms with van der Waals surface area (Å²) in [6.07, 6.45) is 1.60. The van der Waals surface area contributed by atoms with E-state index in [-0.39, 0.29) is 22.7 Å². The largest absolute Gasteiger partial charge is 0.372 e. The molecular formula is C20H22N4O7S. The molecule has 12 heteroatoms. The fourth-order valence-corrected chi connectivity index (χ4v) is 4.87. The van der Waals surface area contributed by atoms with Gasteiger partial charge in [-0.2, -0.15) is 4.31 Å². The SMILES string of the molecule is CC1CCN(S(=O)(=O)c2ccc(C(=O)CNc3ccc([N+](=O)[O-])cc3[N+](=O)[O-])cc2)CC1. The lowest BCUT2D eigenvalue weighted by Gasteiger charge is -2.29. The minimum absolute atomic E-state index is 0.0347. The molecular weight excluding hydrogens is 440 g/mol. The smallest absolute Gasteiger partial charge is 0.299 e. The number of nitrogens with one attached hydrogen (secondary N) is 1. The van der Waals surface area contributed by atoms with Crippen LogP contribution in [0.15, 0.2) is 47.4 Å². The summed E-state index contributed by atoms with van der Waals surface area (Å²) in [7, 11) is -3.63. The number of hydrogen-bond donors (Lipinski definition) is 1. The molecule has 0 bridgehead atoms. The minimum Gasteiger partial charge on any atom is -0.372 e. The van der Waals surface area contributed by atoms with Crippen molar-refractivity contribution in [2.75, 3.05) is 25.0 Å². The van der Waals surface area contributed by atoms with Gasteiger partial charge in [0, 0.05) is 24.7 Å². The fraction of sp³-hybridized carbons (Fsp3) is 0.350. The van der Waals surface area contributed by atoms with E-state index in [2.05, 4.69) is 12.2 Å². The topological polar surface area (TPSA) is 153 Å². The molecule has 1 aliphatic heterocycles. The first kappa shape index (κ1) is 23.3. The first-order chi connectivity index (χ1) is 15.1. The maximum atomic E-state index is 12.8. The molecule has 1 saturated heterocycles. The molecule has 1 aliphatic rings. The van der Waals surface area contributed by atoms with Gasteiger partial charge in [-0.1, -0.05) is 6.92 Å². The highest BCUT2D eigenvalue weighted by Gasteiger charge is 2.28. The minimum atomic E-state index is -3.63. The number of piperidine rings is 1. The summed E-state index contributed by atoms with van der Waals surface area (Å²) in [5, 5.41) is 24.6. The number of ketones is 1. The fourth-order valence-electron chi connectivity index (χ4n) is 3.40. The molecule has 0 aliphatic carbocycles. The molecule has 1 fully saturated rings. The monoisotopic (exact) mass is 462 g/mol. The number of benzene rings is 2. The van der Waals surface area contributed by atoms with Crippen LogP contribution in [0.3, 0.4) is 0 Å². The van der Waals surface area contributed by atoms with Crippen molar-refractivity contribution < 1.29 is 23.1 Å². The number of rotatable bonds is 8. The lowest BCUT2D eigenvalue weighted by Crippen LogP contribution is -2.37. The quantitative estimate of drug-likeness (QED) is 0.356. The van der Waals surface area contributed by atoms with E-state index in [4.69, 9.17) is 0 Å². The second-order valence-electron chi connectivity index (χ2n) is 7.60. The van der Waals surface area contributed by atoms with Gasteiger partial charge in [0.25, 0.3) is 11.4 Å². The zero-order valence-electron chi connectivity index (χ0n) is 17.3. The van der Waals surface area contributed by atoms with Crippen LogP contribution in [0.2, 0.25) is 0 Å². The average Bonchev–Trinajstić information content (AvgIpc) is 2.77. The van der Waals surface area contributed by atoms with Crippen molar-refractivity contribution in [3.8, 4) is 0 Å². The van der Waals surface area contributed by atoms with E-state index in [0.717, 1.165) is 25.0 Å². The van der Waals surface area contributed by atoms with E-state index in [1.54, 1.807) is 0 Å². The Morgan fingerprint density at radius 3 is 2.25 bits per heavy atom. The molecule has 11 nitrogen and oxygen atoms in total. The van der Waals surface area contributed by atoms with Gasteiger partial charge in [0.05, 0.1) is 27.4 Å². The molecule has 0 spiro atoms. The summed E-state index contributed by atoms with van der Waals surface area (Å²) in [5.41, 5.74) is -0.765. The highest BCUT2D eigenvalue weighted by Crippen LogP contribution is 2.29. The van der Waals surface area contributed by atoms with Crippen LogP contribution in [0.1, 0.15) is 30.1 Å². The van der Waals surface area contributed by atoms with Crippen molar-refractivity contribution >= 4 is 32.9 Å². The molecule has 2 aromatic rings. The lowest BCUT2D eigenvalue weighted by atomic mass is 10.0. The maximum Gasteiger partial charge on any atom is 0.299 e. The average molecular weight is 462 g/mol. The van der Waals surface area contributed by atoms with Crippen LogP contribution in [-0.4, -0.2) is 48.0 Å². The number of hydrogen-bond acceptors (Lipinski definition) is 8. The summed E-state index contributed by atoms with van der Waals surface area (Å²) >= 11 is 0. The Morgan fingerprint density at radius 2 is 1.69 bits per heavy atom. The van der Waals surface area contributed by atoms with Crippen molar-refractivity contribution in [1.82, 2.24) is 4.31 Å². The predicted octanol–water partition coefficient (Wildman–Crippen LogP) is 3.22. The van der Waals surface area contributed by atoms with Crippen LogP contribution in [-0.2, 0) is 10.0 Å². The predicted molar refractivity (Wildman–Crippen MR) is 116 cm³/mol. The van der Waals surface area contributed by atoms with E-state index in [0.29, 0.717) is 19.0 Å². The third-order valence-electron chi connectivity index (χ3n) is 5.38. The van der Waals surface area contributed by atoms with Crippen molar-refractivity contribution in [3.63, 3.8) is 0 Å². The summed E-state index contributed by atoms with van der Waals surface area (Å²) in [4.78, 5) is 33.0. The van der Waals surface area contributed by atoms with Crippen LogP contribution in [0.4, 0.5) is 17.1 Å². The Kier molecular flexibility index (Phi) is 6.84. The molecule has 1 heterocycles. The molecule has 0 amide bonds. The van der Waals surface area contributed by atoms with Gasteiger partial charge in [-0.3, -0.25) is 25.0 Å². The summed E-state index contributed by atoms with van der Waals surface area (Å²) in [6.45, 7) is 2.70. The molecule has 1 N–H and O–H groups in total. The Labute approximate surface area is 184 Å². The Bertz CT molecular complexity index is 1140. The zero-order valence-corrected chi connectivity index (χ0v) is 18.1. The number of carbonyl (C=O) groups excluding carboxylic acids is 1. The van der Waals surface area contributed by atoms with Gasteiger partial charge in [-0.15, -0.1) is 0 Å². The first-order valence-corrected chi connectivity index (χ1v) is 11.3. The third-order valence-corrected chi connectivity index (χ3v) is 7.30. The van der Waals surface area contributed by atoms with Crippen molar-refractivity contribution in [3.05, 3.63) is 68.3 Å². The zero-order chi connectivity index (χ0) is 23.5. The van der Waals surface area contributed by atoms with E-state index in [9.17, 15) is 33.4 Å². The van der Waals surface area contributed by atoms with Crippen LogP contribution in [0, 0.1) is 26.1 Å². The molecule has 0 unspecified atom stereocenters. The van der Waals surface area contributed by atoms with Gasteiger partial charge in [0.2, 0.25) is 10.0 Å². The van der Waals surface area contributed by atoms with Crippen molar-refractivity contribution in [2.24, 2.45) is 5.92 Å². The van der Waals surface area contributed by atoms with Crippen LogP contribution < -0.4 is 5.32 Å². The summed E-state index contributed by atoms with van der Waals surface area (Å²) in [6, 6.07) is 8.61. The second-order valence-corrected chi connectivity index (χ2v) is 9.54. The Hall–Kier alpha value is -3.38. The molecule has 0 radical (unpaired) electrons. The number of carbonyl (C=O) groups is 1. The molecule has 0 saturated carbocycles. The van der Waals surface area contributed by atoms with E-state index < -0.39 is 37.0 Å². The Balaban J connectivity index is 1.69. The van der Waals surface area contributed by atoms with Crippen LogP contribution >= 0.6 is 0 Å². The van der Waals surface area contributed by atoms with E-state index >= 15 is 0 Å². The van der Waals surface area contributed by atoms with Gasteiger partial charge in [0.15, 0.2) is 5.78 Å². The lowest BCUT2D eigenvalue weighted by molar-refractivity contribution is -0.393. The maximum absolute atomic E-state index is 12.8. The molecule has 170 valence electrons. The summed E-state index contributed by atoms with van der Waals surface area (Å²) in [5.74, 6) is 0.0638. The number of nitrogens with zero attached hydrogens (tertiary/aromatic N) is 3. The summed E-state index contributed by atoms with van der Waals surface area (Å²) < 4.78 is 27.0. The van der Waals surface area contributed by atoms with Crippen LogP contribution in [0.5, 0.6) is 0 Å². The molecule has 2 aromatic carbocycles. The van der Waals surface area contributed by atoms with Crippen molar-refractivity contribution in [2.45, 2.75) is 24.7 Å². The van der Waals surface area contributed by atoms with Crippen molar-refractivity contribution in [1.29, 1.82) is 0 Å². The number of sulfonamides is 1. The Morgan fingerprint density at radius 1 is 1.06 bits per heavy atom. The number of Topliss-reactive ketones (excluding diaryl/α,β-unsaturated/α-hetero) is 1. The third kappa shape index (κ3) is 5.08. The number of anilines is 1. The molecule has 0 aromatic heterocycles. The van der Waals surface area contributed by atoms with Gasteiger partial charge in [0.1, 0.15) is 5.69 Å². The number of non-ortho nitro benzene ring substituents is 1. The second kappa shape index (κ2) is 9.40. The van der Waals surface area contributed by atoms with E-state index in [1.165, 1.54) is 34.6 Å². The normalized spacial score (nSPS) is 15.3.